The topological polar surface area (TPSA) is 48.3 Å². The summed E-state index contributed by atoms with van der Waals surface area (Å²) in [5.74, 6) is -0.545. The number of ether oxygens (including phenoxy) is 1. The summed E-state index contributed by atoms with van der Waals surface area (Å²) in [4.78, 5) is 22.7. The summed E-state index contributed by atoms with van der Waals surface area (Å²) in [6, 6.07) is 9.42. The highest BCUT2D eigenvalue weighted by atomic mass is 16.5. The molecule has 4 heteroatoms. The highest BCUT2D eigenvalue weighted by molar-refractivity contribution is 5.96. The van der Waals surface area contributed by atoms with E-state index >= 15 is 0 Å². The van der Waals surface area contributed by atoms with Gasteiger partial charge >= 0.3 is 5.97 Å². The first kappa shape index (κ1) is 12.1. The van der Waals surface area contributed by atoms with E-state index in [2.05, 4.69) is 4.74 Å². The van der Waals surface area contributed by atoms with Crippen LogP contribution < -0.4 is 0 Å². The van der Waals surface area contributed by atoms with Crippen LogP contribution >= 0.6 is 0 Å². The lowest BCUT2D eigenvalue weighted by atomic mass is 10.2. The van der Waals surface area contributed by atoms with Gasteiger partial charge in [0.25, 0.3) is 0 Å². The highest BCUT2D eigenvalue weighted by Gasteiger charge is 2.09. The van der Waals surface area contributed by atoms with Crippen molar-refractivity contribution in [2.45, 2.75) is 6.92 Å². The van der Waals surface area contributed by atoms with E-state index in [4.69, 9.17) is 0 Å². The van der Waals surface area contributed by atoms with Crippen molar-refractivity contribution in [2.75, 3.05) is 7.11 Å². The third-order valence-electron chi connectivity index (χ3n) is 2.65. The predicted octanol–water partition coefficient (Wildman–Crippen LogP) is 2.49. The second kappa shape index (κ2) is 4.87. The summed E-state index contributed by atoms with van der Waals surface area (Å²) in [5, 5.41) is 0.956. The van der Waals surface area contributed by atoms with Crippen LogP contribution in [0.5, 0.6) is 0 Å². The van der Waals surface area contributed by atoms with E-state index in [1.807, 2.05) is 30.3 Å². The molecule has 2 rings (SSSR count). The number of fused-ring (bicyclic) bond motifs is 1. The Labute approximate surface area is 104 Å². The van der Waals surface area contributed by atoms with Crippen molar-refractivity contribution >= 4 is 28.9 Å². The maximum absolute atomic E-state index is 11.7. The Morgan fingerprint density at radius 2 is 2.00 bits per heavy atom. The highest BCUT2D eigenvalue weighted by Crippen LogP contribution is 2.20. The van der Waals surface area contributed by atoms with Gasteiger partial charge in [-0.25, -0.2) is 4.79 Å². The van der Waals surface area contributed by atoms with Gasteiger partial charge in [-0.3, -0.25) is 9.36 Å². The number of esters is 1. The summed E-state index contributed by atoms with van der Waals surface area (Å²) in [6.45, 7) is 1.49. The molecule has 1 heterocycles. The first-order chi connectivity index (χ1) is 8.63. The van der Waals surface area contributed by atoms with E-state index in [0.29, 0.717) is 5.69 Å². The van der Waals surface area contributed by atoms with Crippen LogP contribution in [-0.4, -0.2) is 23.6 Å². The summed E-state index contributed by atoms with van der Waals surface area (Å²) in [7, 11) is 1.31. The molecule has 0 aliphatic heterocycles. The molecule has 0 aliphatic carbocycles. The number of para-hydroxylation sites is 1. The third-order valence-corrected chi connectivity index (χ3v) is 2.65. The van der Waals surface area contributed by atoms with E-state index in [0.717, 1.165) is 10.9 Å². The van der Waals surface area contributed by atoms with E-state index in [1.165, 1.54) is 20.1 Å². The zero-order chi connectivity index (χ0) is 13.1. The summed E-state index contributed by atoms with van der Waals surface area (Å²) in [5.41, 5.74) is 1.49. The molecule has 0 radical (unpaired) electrons. The van der Waals surface area contributed by atoms with Crippen molar-refractivity contribution in [2.24, 2.45) is 0 Å². The van der Waals surface area contributed by atoms with Crippen LogP contribution in [-0.2, 0) is 9.53 Å². The summed E-state index contributed by atoms with van der Waals surface area (Å²) < 4.78 is 6.09. The van der Waals surface area contributed by atoms with E-state index in [1.54, 1.807) is 10.6 Å². The minimum absolute atomic E-state index is 0.0966. The first-order valence-corrected chi connectivity index (χ1v) is 5.51. The molecule has 0 spiro atoms. The Kier molecular flexibility index (Phi) is 3.28. The second-order valence-electron chi connectivity index (χ2n) is 3.84. The molecule has 0 atom stereocenters. The zero-order valence-corrected chi connectivity index (χ0v) is 10.2. The molecule has 0 saturated heterocycles. The molecular weight excluding hydrogens is 230 g/mol. The average molecular weight is 243 g/mol. The number of carbonyl (C=O) groups excluding carboxylic acids is 2. The zero-order valence-electron chi connectivity index (χ0n) is 10.2. The van der Waals surface area contributed by atoms with Gasteiger partial charge in [-0.2, -0.15) is 0 Å². The van der Waals surface area contributed by atoms with Crippen LogP contribution in [0.1, 0.15) is 17.4 Å². The van der Waals surface area contributed by atoms with Crippen molar-refractivity contribution < 1.29 is 14.3 Å². The number of aromatic nitrogens is 1. The van der Waals surface area contributed by atoms with Crippen molar-refractivity contribution in [1.29, 1.82) is 0 Å². The normalized spacial score (nSPS) is 11.0. The van der Waals surface area contributed by atoms with Crippen LogP contribution in [0, 0.1) is 0 Å². The van der Waals surface area contributed by atoms with E-state index in [-0.39, 0.29) is 5.91 Å². The van der Waals surface area contributed by atoms with Crippen LogP contribution in [0.15, 0.2) is 36.4 Å². The molecule has 1 aromatic carbocycles. The minimum atomic E-state index is -0.449. The molecule has 4 nitrogen and oxygen atoms in total. The van der Waals surface area contributed by atoms with Gasteiger partial charge in [0.2, 0.25) is 5.91 Å². The fourth-order valence-corrected chi connectivity index (χ4v) is 1.87. The number of hydrogen-bond donors (Lipinski definition) is 0. The largest absolute Gasteiger partial charge is 0.466 e. The van der Waals surface area contributed by atoms with Gasteiger partial charge in [-0.05, 0) is 18.2 Å². The molecule has 0 N–H and O–H groups in total. The number of carbonyl (C=O) groups is 2. The molecule has 0 fully saturated rings. The lowest BCUT2D eigenvalue weighted by molar-refractivity contribution is -0.134. The fourth-order valence-electron chi connectivity index (χ4n) is 1.87. The van der Waals surface area contributed by atoms with Crippen molar-refractivity contribution in [1.82, 2.24) is 4.57 Å². The molecule has 92 valence electrons. The number of benzene rings is 1. The maximum atomic E-state index is 11.7. The quantitative estimate of drug-likeness (QED) is 0.601. The Morgan fingerprint density at radius 3 is 2.67 bits per heavy atom. The van der Waals surface area contributed by atoms with Gasteiger partial charge in [0, 0.05) is 24.1 Å². The monoisotopic (exact) mass is 243 g/mol. The van der Waals surface area contributed by atoms with Crippen LogP contribution in [0.25, 0.3) is 17.0 Å². The van der Waals surface area contributed by atoms with Gasteiger partial charge in [0.15, 0.2) is 0 Å². The third kappa shape index (κ3) is 2.18. The molecule has 2 aromatic rings. The van der Waals surface area contributed by atoms with Crippen molar-refractivity contribution in [3.63, 3.8) is 0 Å². The lowest BCUT2D eigenvalue weighted by Crippen LogP contribution is -2.07. The second-order valence-corrected chi connectivity index (χ2v) is 3.84. The van der Waals surface area contributed by atoms with Crippen molar-refractivity contribution in [3.8, 4) is 0 Å². The number of rotatable bonds is 2. The van der Waals surface area contributed by atoms with Gasteiger partial charge < -0.3 is 4.74 Å². The first-order valence-electron chi connectivity index (χ1n) is 5.51. The van der Waals surface area contributed by atoms with E-state index < -0.39 is 5.97 Å². The van der Waals surface area contributed by atoms with Crippen LogP contribution in [0.2, 0.25) is 0 Å². The molecule has 0 aliphatic rings. The number of hydrogen-bond acceptors (Lipinski definition) is 3. The van der Waals surface area contributed by atoms with Crippen LogP contribution in [0.3, 0.4) is 0 Å². The Bertz CT molecular complexity index is 638. The summed E-state index contributed by atoms with van der Waals surface area (Å²) in [6.07, 6.45) is 2.88. The molecule has 18 heavy (non-hydrogen) atoms. The van der Waals surface area contributed by atoms with Gasteiger partial charge in [-0.15, -0.1) is 0 Å². The van der Waals surface area contributed by atoms with Crippen LogP contribution in [0.4, 0.5) is 0 Å². The number of methoxy groups -OCH3 is 1. The fraction of sp³-hybridized carbons (Fsp3) is 0.143. The molecule has 0 unspecified atom stereocenters. The number of nitrogens with zero attached hydrogens (tertiary/aromatic N) is 1. The molecule has 0 saturated carbocycles. The average Bonchev–Trinajstić information content (AvgIpc) is 2.74. The van der Waals surface area contributed by atoms with Gasteiger partial charge in [0.05, 0.1) is 12.6 Å². The molecule has 0 amide bonds. The Hall–Kier alpha value is -2.36. The van der Waals surface area contributed by atoms with Crippen molar-refractivity contribution in [3.05, 3.63) is 42.1 Å². The van der Waals surface area contributed by atoms with Gasteiger partial charge in [-0.1, -0.05) is 18.2 Å². The Morgan fingerprint density at radius 1 is 1.28 bits per heavy atom. The summed E-state index contributed by atoms with van der Waals surface area (Å²) >= 11 is 0. The lowest BCUT2D eigenvalue weighted by Gasteiger charge is -2.02. The predicted molar refractivity (Wildman–Crippen MR) is 69.3 cm³/mol. The minimum Gasteiger partial charge on any atom is -0.466 e. The Balaban J connectivity index is 2.56. The van der Waals surface area contributed by atoms with Gasteiger partial charge in [0.1, 0.15) is 0 Å². The molecule has 1 aromatic heterocycles. The molecule has 0 bridgehead atoms. The maximum Gasteiger partial charge on any atom is 0.330 e. The SMILES string of the molecule is COC(=O)/C=C/c1cc2ccccc2n1C(C)=O. The standard InChI is InChI=1S/C14H13NO3/c1-10(16)15-12(7-8-14(17)18-2)9-11-5-3-4-6-13(11)15/h3-9H,1-2H3/b8-7+. The smallest absolute Gasteiger partial charge is 0.330 e. The molecular formula is C14H13NO3. The van der Waals surface area contributed by atoms with E-state index in [9.17, 15) is 9.59 Å².